The Bertz CT molecular complexity index is 1350. The minimum absolute atomic E-state index is 0.109. The third-order valence-electron chi connectivity index (χ3n) is 7.66. The van der Waals surface area contributed by atoms with Gasteiger partial charge in [-0.1, -0.05) is 79.0 Å². The molecule has 1 aromatic heterocycles. The first-order valence-corrected chi connectivity index (χ1v) is 14.2. The maximum Gasteiger partial charge on any atom is 0.270 e. The summed E-state index contributed by atoms with van der Waals surface area (Å²) >= 11 is 0. The number of unbranched alkanes of at least 4 members (excludes halogenated alkanes) is 1. The van der Waals surface area contributed by atoms with E-state index in [0.29, 0.717) is 24.4 Å². The zero-order valence-corrected chi connectivity index (χ0v) is 22.8. The summed E-state index contributed by atoms with van der Waals surface area (Å²) in [7, 11) is 0. The summed E-state index contributed by atoms with van der Waals surface area (Å²) in [5.74, 6) is 0.529. The highest BCUT2D eigenvalue weighted by Crippen LogP contribution is 2.33. The molecule has 8 nitrogen and oxygen atoms in total. The van der Waals surface area contributed by atoms with Crippen molar-refractivity contribution in [2.45, 2.75) is 70.3 Å². The molecule has 1 heterocycles. The lowest BCUT2D eigenvalue weighted by Gasteiger charge is -2.25. The van der Waals surface area contributed by atoms with Crippen molar-refractivity contribution in [3.05, 3.63) is 101 Å². The smallest absolute Gasteiger partial charge is 0.270 e. The minimum atomic E-state index is -0.322. The average Bonchev–Trinajstić information content (AvgIpc) is 3.52. The van der Waals surface area contributed by atoms with Crippen LogP contribution >= 0.6 is 0 Å². The zero-order valence-electron chi connectivity index (χ0n) is 22.8. The maximum absolute atomic E-state index is 13.5. The Morgan fingerprint density at radius 1 is 0.850 bits per heavy atom. The summed E-state index contributed by atoms with van der Waals surface area (Å²) < 4.78 is 0. The third kappa shape index (κ3) is 7.40. The van der Waals surface area contributed by atoms with Crippen molar-refractivity contribution in [1.82, 2.24) is 20.6 Å². The molecular formula is C32H36N6O2. The van der Waals surface area contributed by atoms with E-state index in [1.54, 1.807) is 12.1 Å². The number of H-pyrrole nitrogens is 1. The lowest BCUT2D eigenvalue weighted by molar-refractivity contribution is -0.118. The number of hydrogen-bond acceptors (Lipinski definition) is 5. The second-order valence-corrected chi connectivity index (χ2v) is 10.5. The summed E-state index contributed by atoms with van der Waals surface area (Å²) in [5, 5.41) is 15.9. The molecule has 1 saturated carbocycles. The minimum Gasteiger partial charge on any atom is -0.308 e. The van der Waals surface area contributed by atoms with E-state index < -0.39 is 0 Å². The zero-order chi connectivity index (χ0) is 27.6. The summed E-state index contributed by atoms with van der Waals surface area (Å²) in [6.45, 7) is 0.438. The van der Waals surface area contributed by atoms with Crippen molar-refractivity contribution in [2.75, 3.05) is 10.2 Å². The first kappa shape index (κ1) is 27.2. The summed E-state index contributed by atoms with van der Waals surface area (Å²) in [4.78, 5) is 27.9. The molecule has 1 aliphatic rings. The maximum atomic E-state index is 13.5. The van der Waals surface area contributed by atoms with E-state index >= 15 is 0 Å². The average molecular weight is 537 g/mol. The fraction of sp³-hybridized carbons (Fsp3) is 0.344. The number of nitrogens with zero attached hydrogens (tertiary/aromatic N) is 4. The number of nitrogens with one attached hydrogen (secondary N) is 2. The summed E-state index contributed by atoms with van der Waals surface area (Å²) in [6, 6.07) is 26.3. The molecule has 0 radical (unpaired) electrons. The van der Waals surface area contributed by atoms with Crippen LogP contribution in [0, 0.1) is 0 Å². The van der Waals surface area contributed by atoms with Gasteiger partial charge in [0.25, 0.3) is 11.9 Å². The Morgan fingerprint density at radius 2 is 1.60 bits per heavy atom. The Labute approximate surface area is 235 Å². The molecule has 1 fully saturated rings. The van der Waals surface area contributed by atoms with E-state index in [2.05, 4.69) is 74.5 Å². The van der Waals surface area contributed by atoms with E-state index in [1.807, 2.05) is 23.1 Å². The number of carbonyl (C=O) groups is 2. The van der Waals surface area contributed by atoms with Gasteiger partial charge in [-0.05, 0) is 84.2 Å². The molecule has 40 heavy (non-hydrogen) atoms. The molecule has 5 rings (SSSR count). The number of carbonyl (C=O) groups excluding carboxylic acids is 2. The van der Waals surface area contributed by atoms with Crippen LogP contribution in [0.4, 0.5) is 11.6 Å². The molecular weight excluding hydrogens is 500 g/mol. The van der Waals surface area contributed by atoms with Crippen LogP contribution in [0.3, 0.4) is 0 Å². The van der Waals surface area contributed by atoms with Crippen molar-refractivity contribution in [1.29, 1.82) is 0 Å². The molecule has 206 valence electrons. The molecule has 4 aromatic rings. The van der Waals surface area contributed by atoms with Crippen LogP contribution in [0.15, 0.2) is 78.9 Å². The fourth-order valence-corrected chi connectivity index (χ4v) is 5.40. The Morgan fingerprint density at radius 3 is 2.30 bits per heavy atom. The topological polar surface area (TPSA) is 104 Å². The monoisotopic (exact) mass is 536 g/mol. The summed E-state index contributed by atoms with van der Waals surface area (Å²) in [6.07, 6.45) is 9.67. The molecule has 3 aromatic carbocycles. The van der Waals surface area contributed by atoms with Crippen molar-refractivity contribution >= 4 is 23.5 Å². The van der Waals surface area contributed by atoms with E-state index in [4.69, 9.17) is 0 Å². The van der Waals surface area contributed by atoms with E-state index in [9.17, 15) is 9.59 Å². The standard InChI is InChI=1S/C32H36N6O2/c39-30(14-8-7-11-24-9-3-1-4-10-24)38(29-21-19-27(20-22-29)26-12-5-2-6-13-26)23-25-15-17-28(18-16-25)31(40)33-32-34-36-37-35-32/h1,3-4,9-10,15-22,26H,2,5-8,11-14,23H2,(H2,33,34,35,36,37,40). The number of rotatable bonds is 11. The van der Waals surface area contributed by atoms with Crippen LogP contribution in [0.5, 0.6) is 0 Å². The highest BCUT2D eigenvalue weighted by atomic mass is 16.2. The SMILES string of the molecule is O=C(Nc1nn[nH]n1)c1ccc(CN(C(=O)CCCCc2ccccc2)c2ccc(C3CCCCC3)cc2)cc1. The first-order valence-electron chi connectivity index (χ1n) is 14.2. The van der Waals surface area contributed by atoms with Gasteiger partial charge in [-0.15, -0.1) is 5.10 Å². The number of benzene rings is 3. The van der Waals surface area contributed by atoms with Crippen LogP contribution in [0.2, 0.25) is 0 Å². The van der Waals surface area contributed by atoms with Gasteiger partial charge in [0.05, 0.1) is 6.54 Å². The summed E-state index contributed by atoms with van der Waals surface area (Å²) in [5.41, 5.74) is 5.00. The molecule has 2 N–H and O–H groups in total. The Kier molecular flexibility index (Phi) is 9.29. The second-order valence-electron chi connectivity index (χ2n) is 10.5. The fourth-order valence-electron chi connectivity index (χ4n) is 5.40. The molecule has 2 amide bonds. The molecule has 0 aliphatic heterocycles. The van der Waals surface area contributed by atoms with E-state index in [0.717, 1.165) is 30.5 Å². The molecule has 0 atom stereocenters. The van der Waals surface area contributed by atoms with Crippen molar-refractivity contribution in [3.8, 4) is 0 Å². The Balaban J connectivity index is 1.26. The number of hydrogen-bond donors (Lipinski definition) is 2. The van der Waals surface area contributed by atoms with Gasteiger partial charge in [0.15, 0.2) is 0 Å². The van der Waals surface area contributed by atoms with Crippen LogP contribution in [0.1, 0.15) is 84.3 Å². The van der Waals surface area contributed by atoms with Gasteiger partial charge in [0.2, 0.25) is 5.91 Å². The van der Waals surface area contributed by atoms with Crippen LogP contribution in [-0.4, -0.2) is 32.4 Å². The second kappa shape index (κ2) is 13.6. The first-order chi connectivity index (χ1) is 19.7. The van der Waals surface area contributed by atoms with Crippen molar-refractivity contribution in [3.63, 3.8) is 0 Å². The quantitative estimate of drug-likeness (QED) is 0.215. The van der Waals surface area contributed by atoms with Gasteiger partial charge in [-0.3, -0.25) is 14.9 Å². The van der Waals surface area contributed by atoms with Crippen LogP contribution in [-0.2, 0) is 17.8 Å². The number of anilines is 2. The molecule has 0 saturated heterocycles. The van der Waals surface area contributed by atoms with Gasteiger partial charge >= 0.3 is 0 Å². The van der Waals surface area contributed by atoms with Crippen molar-refractivity contribution in [2.24, 2.45) is 0 Å². The van der Waals surface area contributed by atoms with Gasteiger partial charge in [-0.2, -0.15) is 5.21 Å². The number of aryl methyl sites for hydroxylation is 1. The lowest BCUT2D eigenvalue weighted by atomic mass is 9.84. The molecule has 0 unspecified atom stereocenters. The highest BCUT2D eigenvalue weighted by Gasteiger charge is 2.19. The lowest BCUT2D eigenvalue weighted by Crippen LogP contribution is -2.30. The molecule has 0 bridgehead atoms. The van der Waals surface area contributed by atoms with Gasteiger partial charge in [0.1, 0.15) is 0 Å². The molecule has 8 heteroatoms. The third-order valence-corrected chi connectivity index (χ3v) is 7.66. The number of tetrazole rings is 1. The Hall–Kier alpha value is -4.33. The van der Waals surface area contributed by atoms with Gasteiger partial charge in [0, 0.05) is 17.7 Å². The normalized spacial score (nSPS) is 13.6. The van der Waals surface area contributed by atoms with Crippen molar-refractivity contribution < 1.29 is 9.59 Å². The predicted molar refractivity (Wildman–Crippen MR) is 156 cm³/mol. The number of aromatic amines is 1. The predicted octanol–water partition coefficient (Wildman–Crippen LogP) is 6.45. The van der Waals surface area contributed by atoms with Gasteiger partial charge in [-0.25, -0.2) is 0 Å². The number of aromatic nitrogens is 4. The van der Waals surface area contributed by atoms with Crippen LogP contribution in [0.25, 0.3) is 0 Å². The highest BCUT2D eigenvalue weighted by molar-refractivity contribution is 6.03. The largest absolute Gasteiger partial charge is 0.308 e. The number of amides is 2. The van der Waals surface area contributed by atoms with E-state index in [1.165, 1.54) is 43.2 Å². The van der Waals surface area contributed by atoms with Gasteiger partial charge < -0.3 is 4.90 Å². The van der Waals surface area contributed by atoms with E-state index in [-0.39, 0.29) is 17.8 Å². The van der Waals surface area contributed by atoms with Crippen LogP contribution < -0.4 is 10.2 Å². The molecule has 0 spiro atoms. The molecule has 1 aliphatic carbocycles.